The molecule has 1 aromatic heterocycles. The Kier molecular flexibility index (Phi) is 4.26. The van der Waals surface area contributed by atoms with Crippen LogP contribution in [0.4, 0.5) is 5.69 Å². The van der Waals surface area contributed by atoms with Crippen molar-refractivity contribution >= 4 is 5.69 Å². The van der Waals surface area contributed by atoms with Gasteiger partial charge in [0.2, 0.25) is 0 Å². The molecule has 5 nitrogen and oxygen atoms in total. The second kappa shape index (κ2) is 6.69. The number of pyridine rings is 1. The van der Waals surface area contributed by atoms with E-state index >= 15 is 0 Å². The summed E-state index contributed by atoms with van der Waals surface area (Å²) in [5.41, 5.74) is 1.15. The van der Waals surface area contributed by atoms with E-state index in [-0.39, 0.29) is 0 Å². The van der Waals surface area contributed by atoms with Gasteiger partial charge in [0.15, 0.2) is 0 Å². The molecule has 0 radical (unpaired) electrons. The monoisotopic (exact) mass is 325 g/mol. The highest BCUT2D eigenvalue weighted by molar-refractivity contribution is 5.51. The third-order valence-corrected chi connectivity index (χ3v) is 4.92. The van der Waals surface area contributed by atoms with Gasteiger partial charge in [-0.3, -0.25) is 4.98 Å². The standard InChI is InChI=1S/C19H23N3O2/c1-23-17-3-2-4-18(8-17)24-19-7-16(11-21-12-19)22-13-14-5-6-15(22)10-20-9-14/h2-4,7-8,11-12,14-15,20H,5-6,9-10,13H2,1H3. The number of benzene rings is 1. The lowest BCUT2D eigenvalue weighted by molar-refractivity contribution is 0.404. The minimum atomic E-state index is 0.553. The van der Waals surface area contributed by atoms with Crippen molar-refractivity contribution in [3.63, 3.8) is 0 Å². The van der Waals surface area contributed by atoms with E-state index in [1.54, 1.807) is 13.3 Å². The maximum Gasteiger partial charge on any atom is 0.147 e. The molecule has 3 aliphatic heterocycles. The van der Waals surface area contributed by atoms with Crippen molar-refractivity contribution in [2.45, 2.75) is 18.9 Å². The largest absolute Gasteiger partial charge is 0.497 e. The van der Waals surface area contributed by atoms with E-state index < -0.39 is 0 Å². The van der Waals surface area contributed by atoms with Crippen LogP contribution in [0.5, 0.6) is 17.2 Å². The predicted octanol–water partition coefficient (Wildman–Crippen LogP) is 3.07. The first-order valence-electron chi connectivity index (χ1n) is 8.56. The first kappa shape index (κ1) is 15.3. The van der Waals surface area contributed by atoms with Gasteiger partial charge in [0, 0.05) is 31.3 Å². The molecule has 2 aromatic rings. The summed E-state index contributed by atoms with van der Waals surface area (Å²) < 4.78 is 11.2. The zero-order valence-electron chi connectivity index (χ0n) is 13.9. The third kappa shape index (κ3) is 3.17. The summed E-state index contributed by atoms with van der Waals surface area (Å²) in [5, 5.41) is 3.57. The normalized spacial score (nSPS) is 23.0. The zero-order valence-corrected chi connectivity index (χ0v) is 13.9. The summed E-state index contributed by atoms with van der Waals surface area (Å²) in [6, 6.07) is 10.3. The lowest BCUT2D eigenvalue weighted by Gasteiger charge is -2.37. The number of piperidine rings is 1. The van der Waals surface area contributed by atoms with Crippen LogP contribution in [0.3, 0.4) is 0 Å². The molecule has 0 aliphatic carbocycles. The third-order valence-electron chi connectivity index (χ3n) is 4.92. The summed E-state index contributed by atoms with van der Waals surface area (Å²) in [6.45, 7) is 3.28. The van der Waals surface area contributed by atoms with Crippen molar-refractivity contribution in [3.05, 3.63) is 42.7 Å². The molecular weight excluding hydrogens is 302 g/mol. The van der Waals surface area contributed by atoms with Gasteiger partial charge in [-0.05, 0) is 37.4 Å². The van der Waals surface area contributed by atoms with E-state index in [1.807, 2.05) is 30.5 Å². The Labute approximate surface area is 142 Å². The van der Waals surface area contributed by atoms with Crippen molar-refractivity contribution in [2.75, 3.05) is 31.6 Å². The molecule has 2 unspecified atom stereocenters. The number of ether oxygens (including phenoxy) is 2. The van der Waals surface area contributed by atoms with Crippen LogP contribution >= 0.6 is 0 Å². The summed E-state index contributed by atoms with van der Waals surface area (Å²) in [7, 11) is 1.66. The first-order valence-corrected chi connectivity index (χ1v) is 8.56. The van der Waals surface area contributed by atoms with Crippen LogP contribution in [-0.4, -0.2) is 37.8 Å². The van der Waals surface area contributed by atoms with Crippen molar-refractivity contribution in [1.82, 2.24) is 10.3 Å². The van der Waals surface area contributed by atoms with E-state index in [9.17, 15) is 0 Å². The van der Waals surface area contributed by atoms with Crippen LogP contribution in [0.25, 0.3) is 0 Å². The number of anilines is 1. The molecule has 0 spiro atoms. The predicted molar refractivity (Wildman–Crippen MR) is 94.0 cm³/mol. The second-order valence-electron chi connectivity index (χ2n) is 6.57. The van der Waals surface area contributed by atoms with Crippen LogP contribution in [0.15, 0.2) is 42.7 Å². The van der Waals surface area contributed by atoms with Gasteiger partial charge in [-0.1, -0.05) is 6.07 Å². The van der Waals surface area contributed by atoms with E-state index in [1.165, 1.54) is 12.8 Å². The van der Waals surface area contributed by atoms with E-state index in [0.717, 1.165) is 48.5 Å². The molecule has 126 valence electrons. The number of hydrogen-bond acceptors (Lipinski definition) is 5. The Bertz CT molecular complexity index is 703. The first-order chi connectivity index (χ1) is 11.8. The van der Waals surface area contributed by atoms with Gasteiger partial charge < -0.3 is 19.7 Å². The zero-order chi connectivity index (χ0) is 16.4. The van der Waals surface area contributed by atoms with Crippen LogP contribution in [0.2, 0.25) is 0 Å². The fourth-order valence-electron chi connectivity index (χ4n) is 3.67. The molecule has 0 amide bonds. The Balaban J connectivity index is 1.55. The quantitative estimate of drug-likeness (QED) is 0.936. The van der Waals surface area contributed by atoms with E-state index in [4.69, 9.17) is 9.47 Å². The smallest absolute Gasteiger partial charge is 0.147 e. The summed E-state index contributed by atoms with van der Waals surface area (Å²) in [5.74, 6) is 3.03. The summed E-state index contributed by atoms with van der Waals surface area (Å²) in [6.07, 6.45) is 6.27. The van der Waals surface area contributed by atoms with Crippen LogP contribution in [-0.2, 0) is 0 Å². The lowest BCUT2D eigenvalue weighted by Crippen LogP contribution is -2.43. The molecule has 3 fully saturated rings. The van der Waals surface area contributed by atoms with Gasteiger partial charge in [-0.2, -0.15) is 0 Å². The molecule has 5 heteroatoms. The van der Waals surface area contributed by atoms with Crippen molar-refractivity contribution in [3.8, 4) is 17.2 Å². The SMILES string of the molecule is COc1cccc(Oc2cncc(N3CC4CCC3CNC4)c2)c1. The Morgan fingerprint density at radius 2 is 2.00 bits per heavy atom. The molecule has 1 N–H and O–H groups in total. The molecule has 2 atom stereocenters. The average Bonchev–Trinajstić information content (AvgIpc) is 2.98. The number of hydrogen-bond donors (Lipinski definition) is 1. The van der Waals surface area contributed by atoms with E-state index in [2.05, 4.69) is 21.3 Å². The maximum atomic E-state index is 5.98. The Hall–Kier alpha value is -2.27. The molecular formula is C19H23N3O2. The number of nitrogens with zero attached hydrogens (tertiary/aromatic N) is 2. The fraction of sp³-hybridized carbons (Fsp3) is 0.421. The Morgan fingerprint density at radius 3 is 2.92 bits per heavy atom. The van der Waals surface area contributed by atoms with Crippen molar-refractivity contribution in [2.24, 2.45) is 5.92 Å². The fourth-order valence-corrected chi connectivity index (χ4v) is 3.67. The topological polar surface area (TPSA) is 46.6 Å². The minimum Gasteiger partial charge on any atom is -0.497 e. The van der Waals surface area contributed by atoms with Gasteiger partial charge in [-0.15, -0.1) is 0 Å². The van der Waals surface area contributed by atoms with Gasteiger partial charge in [-0.25, -0.2) is 0 Å². The number of methoxy groups -OCH3 is 1. The molecule has 3 saturated heterocycles. The lowest BCUT2D eigenvalue weighted by atomic mass is 9.94. The van der Waals surface area contributed by atoms with Crippen LogP contribution in [0, 0.1) is 5.92 Å². The molecule has 24 heavy (non-hydrogen) atoms. The second-order valence-corrected chi connectivity index (χ2v) is 6.57. The van der Waals surface area contributed by atoms with Crippen LogP contribution < -0.4 is 19.7 Å². The summed E-state index contributed by atoms with van der Waals surface area (Å²) >= 11 is 0. The number of rotatable bonds is 4. The highest BCUT2D eigenvalue weighted by Gasteiger charge is 2.31. The molecule has 2 bridgehead atoms. The summed E-state index contributed by atoms with van der Waals surface area (Å²) in [4.78, 5) is 6.88. The number of aromatic nitrogens is 1. The van der Waals surface area contributed by atoms with Crippen molar-refractivity contribution < 1.29 is 9.47 Å². The number of fused-ring (bicyclic) bond motifs is 4. The molecule has 0 saturated carbocycles. The van der Waals surface area contributed by atoms with Gasteiger partial charge in [0.1, 0.15) is 17.2 Å². The highest BCUT2D eigenvalue weighted by atomic mass is 16.5. The molecule has 3 aliphatic rings. The molecule has 4 heterocycles. The molecule has 5 rings (SSSR count). The van der Waals surface area contributed by atoms with Gasteiger partial charge in [0.05, 0.1) is 25.2 Å². The van der Waals surface area contributed by atoms with Crippen molar-refractivity contribution in [1.29, 1.82) is 0 Å². The van der Waals surface area contributed by atoms with Gasteiger partial charge >= 0.3 is 0 Å². The average molecular weight is 325 g/mol. The van der Waals surface area contributed by atoms with E-state index in [0.29, 0.717) is 6.04 Å². The molecule has 1 aromatic carbocycles. The number of nitrogens with one attached hydrogen (secondary N) is 1. The maximum absolute atomic E-state index is 5.98. The van der Waals surface area contributed by atoms with Crippen LogP contribution in [0.1, 0.15) is 12.8 Å². The highest BCUT2D eigenvalue weighted by Crippen LogP contribution is 2.32. The van der Waals surface area contributed by atoms with Gasteiger partial charge in [0.25, 0.3) is 0 Å². The minimum absolute atomic E-state index is 0.553. The Morgan fingerprint density at radius 1 is 1.08 bits per heavy atom.